The Kier molecular flexibility index (Phi) is 4.17. The maximum Gasteiger partial charge on any atom is 0.302 e. The first-order valence-corrected chi connectivity index (χ1v) is 10.4. The number of esters is 1. The van der Waals surface area contributed by atoms with Crippen LogP contribution in [0.1, 0.15) is 59.8 Å². The Bertz CT molecular complexity index is 672. The van der Waals surface area contributed by atoms with E-state index in [4.69, 9.17) is 4.74 Å². The summed E-state index contributed by atoms with van der Waals surface area (Å²) in [5, 5.41) is 32.5. The Hall–Kier alpha value is -0.910. The van der Waals surface area contributed by atoms with Gasteiger partial charge in [0.15, 0.2) is 0 Å². The van der Waals surface area contributed by atoms with Crippen molar-refractivity contribution in [3.63, 3.8) is 0 Å². The molecule has 27 heavy (non-hydrogen) atoms. The van der Waals surface area contributed by atoms with Crippen molar-refractivity contribution in [1.29, 1.82) is 0 Å². The van der Waals surface area contributed by atoms with E-state index >= 15 is 0 Å². The van der Waals surface area contributed by atoms with E-state index in [-0.39, 0.29) is 22.7 Å². The smallest absolute Gasteiger partial charge is 0.302 e. The van der Waals surface area contributed by atoms with Gasteiger partial charge >= 0.3 is 5.97 Å². The molecule has 2 bridgehead atoms. The zero-order valence-corrected chi connectivity index (χ0v) is 16.9. The molecule has 0 aromatic heterocycles. The van der Waals surface area contributed by atoms with Gasteiger partial charge in [-0.15, -0.1) is 0 Å². The molecule has 0 saturated heterocycles. The standard InChI is InChI=1S/C22H34O5/c1-13(24)27-17-14-6-9-21(11-22(14,26)12-23)16(25)10-15-19(2,3)7-5-8-20(15,4)18(17)21/h6,9,14-18,23,25-26H,5,7-8,10-12H2,1-4H3/t14?,15?,16-,17?,18?,20-,21?,22-/m1/s1. The number of aliphatic hydroxyl groups excluding tert-OH is 2. The molecular formula is C22H34O5. The van der Waals surface area contributed by atoms with Gasteiger partial charge in [-0.25, -0.2) is 0 Å². The minimum Gasteiger partial charge on any atom is -0.461 e. The summed E-state index contributed by atoms with van der Waals surface area (Å²) in [5.41, 5.74) is -1.99. The van der Waals surface area contributed by atoms with Gasteiger partial charge in [-0.05, 0) is 42.4 Å². The van der Waals surface area contributed by atoms with Crippen molar-refractivity contribution in [2.75, 3.05) is 6.61 Å². The second kappa shape index (κ2) is 5.80. The fraction of sp³-hybridized carbons (Fsp3) is 0.864. The van der Waals surface area contributed by atoms with Gasteiger partial charge in [-0.3, -0.25) is 4.79 Å². The molecule has 0 aliphatic heterocycles. The van der Waals surface area contributed by atoms with E-state index in [1.807, 2.05) is 6.08 Å². The molecule has 5 rings (SSSR count). The van der Waals surface area contributed by atoms with E-state index in [9.17, 15) is 20.1 Å². The van der Waals surface area contributed by atoms with Gasteiger partial charge in [-0.2, -0.15) is 0 Å². The minimum atomic E-state index is -1.36. The van der Waals surface area contributed by atoms with Gasteiger partial charge in [-0.1, -0.05) is 39.3 Å². The number of fused-ring (bicyclic) bond motifs is 2. The van der Waals surface area contributed by atoms with E-state index in [0.29, 0.717) is 18.8 Å². The highest BCUT2D eigenvalue weighted by Gasteiger charge is 2.72. The number of aliphatic hydroxyl groups is 3. The lowest BCUT2D eigenvalue weighted by molar-refractivity contribution is -0.275. The zero-order valence-electron chi connectivity index (χ0n) is 16.9. The summed E-state index contributed by atoms with van der Waals surface area (Å²) in [7, 11) is 0. The summed E-state index contributed by atoms with van der Waals surface area (Å²) in [6.45, 7) is 7.90. The Morgan fingerprint density at radius 3 is 2.59 bits per heavy atom. The second-order valence-corrected chi connectivity index (χ2v) is 10.6. The SMILES string of the molecule is CC(=O)OC1C2C=CC3(C[C@@]2(O)CO)C1[C@]1(C)CCCC(C)(C)C1C[C@H]3O. The van der Waals surface area contributed by atoms with Crippen LogP contribution < -0.4 is 0 Å². The Morgan fingerprint density at radius 1 is 1.26 bits per heavy atom. The highest BCUT2D eigenvalue weighted by atomic mass is 16.5. The summed E-state index contributed by atoms with van der Waals surface area (Å²) in [6, 6.07) is 0. The lowest BCUT2D eigenvalue weighted by Gasteiger charge is -2.70. The van der Waals surface area contributed by atoms with E-state index in [2.05, 4.69) is 26.8 Å². The van der Waals surface area contributed by atoms with E-state index in [1.54, 1.807) is 0 Å². The topological polar surface area (TPSA) is 87.0 Å². The molecule has 5 aliphatic rings. The summed E-state index contributed by atoms with van der Waals surface area (Å²) in [5.74, 6) is -0.529. The quantitative estimate of drug-likeness (QED) is 0.507. The average Bonchev–Trinajstić information content (AvgIpc) is 2.56. The van der Waals surface area contributed by atoms with Crippen LogP contribution in [0.4, 0.5) is 0 Å². The molecule has 0 aromatic carbocycles. The fourth-order valence-corrected chi connectivity index (χ4v) is 7.80. The van der Waals surface area contributed by atoms with Crippen LogP contribution in [0.15, 0.2) is 12.2 Å². The molecule has 0 amide bonds. The number of ether oxygens (including phenoxy) is 1. The van der Waals surface area contributed by atoms with Crippen molar-refractivity contribution in [3.05, 3.63) is 12.2 Å². The van der Waals surface area contributed by atoms with E-state index < -0.39 is 35.7 Å². The first kappa shape index (κ1) is 19.4. The van der Waals surface area contributed by atoms with E-state index in [0.717, 1.165) is 19.3 Å². The molecule has 5 heteroatoms. The number of rotatable bonds is 2. The molecule has 5 aliphatic carbocycles. The summed E-state index contributed by atoms with van der Waals surface area (Å²) in [6.07, 6.45) is 7.11. The maximum absolute atomic E-state index is 12.0. The fourth-order valence-electron chi connectivity index (χ4n) is 7.80. The molecule has 152 valence electrons. The third-order valence-electron chi connectivity index (χ3n) is 8.75. The normalized spacial score (nSPS) is 52.8. The predicted octanol–water partition coefficient (Wildman–Crippen LogP) is 2.43. The molecular weight excluding hydrogens is 344 g/mol. The molecule has 5 unspecified atom stereocenters. The van der Waals surface area contributed by atoms with Crippen molar-refractivity contribution in [1.82, 2.24) is 0 Å². The Morgan fingerprint density at radius 2 is 1.96 bits per heavy atom. The van der Waals surface area contributed by atoms with Gasteiger partial charge in [0.25, 0.3) is 0 Å². The monoisotopic (exact) mass is 378 g/mol. The van der Waals surface area contributed by atoms with E-state index in [1.165, 1.54) is 6.92 Å². The molecule has 3 N–H and O–H groups in total. The number of carbonyl (C=O) groups excluding carboxylic acids is 1. The van der Waals surface area contributed by atoms with Crippen LogP contribution in [-0.2, 0) is 9.53 Å². The number of hydrogen-bond acceptors (Lipinski definition) is 5. The van der Waals surface area contributed by atoms with Crippen LogP contribution in [0, 0.1) is 34.0 Å². The van der Waals surface area contributed by atoms with Gasteiger partial charge in [0, 0.05) is 24.2 Å². The molecule has 3 fully saturated rings. The van der Waals surface area contributed by atoms with Crippen LogP contribution >= 0.6 is 0 Å². The third-order valence-corrected chi connectivity index (χ3v) is 8.75. The first-order valence-electron chi connectivity index (χ1n) is 10.4. The molecule has 1 spiro atoms. The lowest BCUT2D eigenvalue weighted by Crippen LogP contribution is -2.73. The summed E-state index contributed by atoms with van der Waals surface area (Å²) in [4.78, 5) is 12.0. The zero-order chi connectivity index (χ0) is 19.8. The molecule has 5 nitrogen and oxygen atoms in total. The summed E-state index contributed by atoms with van der Waals surface area (Å²) < 4.78 is 5.84. The largest absolute Gasteiger partial charge is 0.461 e. The van der Waals surface area contributed by atoms with Crippen molar-refractivity contribution in [2.45, 2.75) is 77.6 Å². The van der Waals surface area contributed by atoms with Crippen LogP contribution in [0.2, 0.25) is 0 Å². The second-order valence-electron chi connectivity index (χ2n) is 10.6. The molecule has 8 atom stereocenters. The number of hydrogen-bond donors (Lipinski definition) is 3. The molecule has 3 saturated carbocycles. The van der Waals surface area contributed by atoms with Crippen LogP contribution in [0.3, 0.4) is 0 Å². The van der Waals surface area contributed by atoms with Crippen molar-refractivity contribution in [2.24, 2.45) is 34.0 Å². The van der Waals surface area contributed by atoms with Crippen LogP contribution in [0.5, 0.6) is 0 Å². The Labute approximate surface area is 161 Å². The van der Waals surface area contributed by atoms with Gasteiger partial charge in [0.05, 0.1) is 18.3 Å². The molecule has 0 aromatic rings. The average molecular weight is 379 g/mol. The highest BCUT2D eigenvalue weighted by molar-refractivity contribution is 5.66. The highest BCUT2D eigenvalue weighted by Crippen LogP contribution is 2.71. The molecule has 0 heterocycles. The van der Waals surface area contributed by atoms with Crippen molar-refractivity contribution < 1.29 is 24.9 Å². The Balaban J connectivity index is 1.88. The first-order chi connectivity index (χ1) is 12.5. The van der Waals surface area contributed by atoms with Gasteiger partial charge in [0.2, 0.25) is 0 Å². The third kappa shape index (κ3) is 2.44. The summed E-state index contributed by atoms with van der Waals surface area (Å²) >= 11 is 0. The van der Waals surface area contributed by atoms with Crippen molar-refractivity contribution >= 4 is 5.97 Å². The minimum absolute atomic E-state index is 0.0518. The van der Waals surface area contributed by atoms with Gasteiger partial charge in [0.1, 0.15) is 6.10 Å². The number of carbonyl (C=O) groups is 1. The van der Waals surface area contributed by atoms with Crippen molar-refractivity contribution in [3.8, 4) is 0 Å². The molecule has 0 radical (unpaired) electrons. The maximum atomic E-state index is 12.0. The lowest BCUT2D eigenvalue weighted by atomic mass is 9.36. The van der Waals surface area contributed by atoms with Crippen LogP contribution in [-0.4, -0.2) is 45.7 Å². The van der Waals surface area contributed by atoms with Gasteiger partial charge < -0.3 is 20.1 Å². The van der Waals surface area contributed by atoms with Crippen LogP contribution in [0.25, 0.3) is 0 Å². The predicted molar refractivity (Wildman–Crippen MR) is 101 cm³/mol.